The Morgan fingerprint density at radius 3 is 2.68 bits per heavy atom. The first-order chi connectivity index (χ1) is 8.86. The molecule has 4 nitrogen and oxygen atoms in total. The molecule has 108 valence electrons. The lowest BCUT2D eigenvalue weighted by Gasteiger charge is -2.17. The van der Waals surface area contributed by atoms with E-state index < -0.39 is 10.0 Å². The van der Waals surface area contributed by atoms with Gasteiger partial charge in [-0.05, 0) is 36.8 Å². The summed E-state index contributed by atoms with van der Waals surface area (Å²) in [6, 6.07) is 1.67. The minimum Gasteiger partial charge on any atom is -0.391 e. The molecular weight excluding hydrogens is 282 g/mol. The Labute approximate surface area is 119 Å². The van der Waals surface area contributed by atoms with Crippen LogP contribution in [0.15, 0.2) is 10.3 Å². The van der Waals surface area contributed by atoms with E-state index in [0.29, 0.717) is 29.1 Å². The van der Waals surface area contributed by atoms with E-state index in [9.17, 15) is 13.5 Å². The molecule has 0 aromatic carbocycles. The van der Waals surface area contributed by atoms with Crippen molar-refractivity contribution in [3.63, 3.8) is 0 Å². The van der Waals surface area contributed by atoms with E-state index >= 15 is 0 Å². The zero-order chi connectivity index (χ0) is 14.2. The van der Waals surface area contributed by atoms with Gasteiger partial charge < -0.3 is 5.11 Å². The molecule has 2 rings (SSSR count). The van der Waals surface area contributed by atoms with Crippen LogP contribution in [0.1, 0.15) is 30.7 Å². The minimum absolute atomic E-state index is 0.0966. The standard InChI is InChI=1S/C13H21NO3S2/c1-9(2)11-4-5-14(7-11)19(16,17)13-6-10(3)12(8-15)18-13/h6,9,11,15H,4-5,7-8H2,1-3H3. The average Bonchev–Trinajstić information content (AvgIpc) is 2.95. The van der Waals surface area contributed by atoms with Crippen molar-refractivity contribution in [3.05, 3.63) is 16.5 Å². The summed E-state index contributed by atoms with van der Waals surface area (Å²) < 4.78 is 27.0. The first-order valence-electron chi connectivity index (χ1n) is 6.56. The molecule has 1 saturated heterocycles. The third kappa shape index (κ3) is 2.86. The topological polar surface area (TPSA) is 57.6 Å². The maximum atomic E-state index is 12.5. The van der Waals surface area contributed by atoms with Gasteiger partial charge >= 0.3 is 0 Å². The summed E-state index contributed by atoms with van der Waals surface area (Å²) in [6.07, 6.45) is 0.939. The molecule has 1 N–H and O–H groups in total. The van der Waals surface area contributed by atoms with Crippen molar-refractivity contribution in [1.82, 2.24) is 4.31 Å². The second kappa shape index (κ2) is 5.52. The second-order valence-corrected chi connectivity index (χ2v) is 8.79. The number of aryl methyl sites for hydroxylation is 1. The van der Waals surface area contributed by atoms with Crippen LogP contribution in [-0.2, 0) is 16.6 Å². The zero-order valence-electron chi connectivity index (χ0n) is 11.6. The summed E-state index contributed by atoms with van der Waals surface area (Å²) in [4.78, 5) is 0.734. The molecule has 1 fully saturated rings. The Morgan fingerprint density at radius 1 is 1.53 bits per heavy atom. The van der Waals surface area contributed by atoms with Crippen LogP contribution < -0.4 is 0 Å². The molecule has 0 radical (unpaired) electrons. The van der Waals surface area contributed by atoms with Crippen molar-refractivity contribution >= 4 is 21.4 Å². The molecule has 1 aliphatic rings. The van der Waals surface area contributed by atoms with Gasteiger partial charge in [-0.15, -0.1) is 11.3 Å². The maximum Gasteiger partial charge on any atom is 0.252 e. The molecular formula is C13H21NO3S2. The third-order valence-corrected chi connectivity index (χ3v) is 7.40. The van der Waals surface area contributed by atoms with Crippen molar-refractivity contribution in [2.24, 2.45) is 11.8 Å². The molecule has 1 aromatic heterocycles. The Hall–Kier alpha value is -0.430. The van der Waals surface area contributed by atoms with Gasteiger partial charge in [0.15, 0.2) is 0 Å². The van der Waals surface area contributed by atoms with E-state index in [1.165, 1.54) is 11.3 Å². The number of sulfonamides is 1. The number of rotatable bonds is 4. The fourth-order valence-corrected chi connectivity index (χ4v) is 5.53. The highest BCUT2D eigenvalue weighted by molar-refractivity contribution is 7.91. The molecule has 1 unspecified atom stereocenters. The summed E-state index contributed by atoms with van der Waals surface area (Å²) in [6.45, 7) is 7.24. The highest BCUT2D eigenvalue weighted by atomic mass is 32.2. The largest absolute Gasteiger partial charge is 0.391 e. The van der Waals surface area contributed by atoms with E-state index in [2.05, 4.69) is 13.8 Å². The van der Waals surface area contributed by atoms with Crippen LogP contribution in [0.2, 0.25) is 0 Å². The number of aliphatic hydroxyl groups is 1. The van der Waals surface area contributed by atoms with Gasteiger partial charge in [-0.1, -0.05) is 13.8 Å². The van der Waals surface area contributed by atoms with E-state index in [-0.39, 0.29) is 6.61 Å². The van der Waals surface area contributed by atoms with Crippen LogP contribution in [0.3, 0.4) is 0 Å². The normalized spacial score (nSPS) is 21.4. The molecule has 19 heavy (non-hydrogen) atoms. The van der Waals surface area contributed by atoms with Crippen molar-refractivity contribution in [2.45, 2.75) is 38.0 Å². The smallest absolute Gasteiger partial charge is 0.252 e. The molecule has 0 bridgehead atoms. The highest BCUT2D eigenvalue weighted by Gasteiger charge is 2.34. The summed E-state index contributed by atoms with van der Waals surface area (Å²) in [5.74, 6) is 0.964. The van der Waals surface area contributed by atoms with Crippen LogP contribution in [0.5, 0.6) is 0 Å². The van der Waals surface area contributed by atoms with Gasteiger partial charge in [0.05, 0.1) is 6.61 Å². The molecule has 0 aliphatic carbocycles. The van der Waals surface area contributed by atoms with Crippen molar-refractivity contribution in [3.8, 4) is 0 Å². The molecule has 1 aromatic rings. The first kappa shape index (κ1) is 15.0. The lowest BCUT2D eigenvalue weighted by Crippen LogP contribution is -2.28. The Kier molecular flexibility index (Phi) is 4.35. The highest BCUT2D eigenvalue weighted by Crippen LogP contribution is 2.33. The minimum atomic E-state index is -3.38. The molecule has 0 spiro atoms. The summed E-state index contributed by atoms with van der Waals surface area (Å²) in [5.41, 5.74) is 0.852. The Balaban J connectivity index is 2.23. The molecule has 1 aliphatic heterocycles. The Bertz CT molecular complexity index is 548. The number of hydrogen-bond donors (Lipinski definition) is 1. The van der Waals surface area contributed by atoms with Crippen molar-refractivity contribution in [1.29, 1.82) is 0 Å². The van der Waals surface area contributed by atoms with Crippen LogP contribution >= 0.6 is 11.3 Å². The van der Waals surface area contributed by atoms with Crippen molar-refractivity contribution < 1.29 is 13.5 Å². The van der Waals surface area contributed by atoms with Gasteiger partial charge in [0.1, 0.15) is 4.21 Å². The average molecular weight is 303 g/mol. The van der Waals surface area contributed by atoms with Gasteiger partial charge in [-0.3, -0.25) is 0 Å². The number of thiophene rings is 1. The van der Waals surface area contributed by atoms with Crippen LogP contribution in [-0.4, -0.2) is 30.9 Å². The molecule has 6 heteroatoms. The number of aliphatic hydroxyl groups excluding tert-OH is 1. The number of hydrogen-bond acceptors (Lipinski definition) is 4. The SMILES string of the molecule is Cc1cc(S(=O)(=O)N2CCC(C(C)C)C2)sc1CO. The third-order valence-electron chi connectivity index (χ3n) is 3.87. The predicted molar refractivity (Wildman–Crippen MR) is 76.7 cm³/mol. The number of nitrogens with zero attached hydrogens (tertiary/aromatic N) is 1. The first-order valence-corrected chi connectivity index (χ1v) is 8.82. The molecule has 0 amide bonds. The van der Waals surface area contributed by atoms with Gasteiger partial charge in [-0.25, -0.2) is 8.42 Å². The monoisotopic (exact) mass is 303 g/mol. The fraction of sp³-hybridized carbons (Fsp3) is 0.692. The van der Waals surface area contributed by atoms with Gasteiger partial charge in [0.25, 0.3) is 10.0 Å². The van der Waals surface area contributed by atoms with Crippen LogP contribution in [0.25, 0.3) is 0 Å². The van der Waals surface area contributed by atoms with Gasteiger partial charge in [0.2, 0.25) is 0 Å². The van der Waals surface area contributed by atoms with Crippen LogP contribution in [0.4, 0.5) is 0 Å². The lowest BCUT2D eigenvalue weighted by atomic mass is 9.96. The quantitative estimate of drug-likeness (QED) is 0.928. The van der Waals surface area contributed by atoms with Gasteiger partial charge in [0, 0.05) is 18.0 Å². The summed E-state index contributed by atoms with van der Waals surface area (Å²) in [5, 5.41) is 9.18. The molecule has 2 heterocycles. The lowest BCUT2D eigenvalue weighted by molar-refractivity contribution is 0.285. The van der Waals surface area contributed by atoms with E-state index in [1.807, 2.05) is 6.92 Å². The Morgan fingerprint density at radius 2 is 2.21 bits per heavy atom. The van der Waals surface area contributed by atoms with Gasteiger partial charge in [-0.2, -0.15) is 4.31 Å². The van der Waals surface area contributed by atoms with E-state index in [1.54, 1.807) is 10.4 Å². The van der Waals surface area contributed by atoms with E-state index in [0.717, 1.165) is 16.9 Å². The second-order valence-electron chi connectivity index (χ2n) is 5.49. The predicted octanol–water partition coefficient (Wildman–Crippen LogP) is 2.22. The summed E-state index contributed by atoms with van der Waals surface area (Å²) >= 11 is 1.18. The van der Waals surface area contributed by atoms with E-state index in [4.69, 9.17) is 0 Å². The summed E-state index contributed by atoms with van der Waals surface area (Å²) in [7, 11) is -3.38. The maximum absolute atomic E-state index is 12.5. The van der Waals surface area contributed by atoms with Crippen molar-refractivity contribution in [2.75, 3.05) is 13.1 Å². The fourth-order valence-electron chi connectivity index (χ4n) is 2.42. The van der Waals surface area contributed by atoms with Crippen LogP contribution in [0, 0.1) is 18.8 Å². The molecule has 1 atom stereocenters. The molecule has 0 saturated carbocycles. The zero-order valence-corrected chi connectivity index (χ0v) is 13.2.